The Kier molecular flexibility index (Phi) is 3.27. The molecule has 0 fully saturated rings. The maximum absolute atomic E-state index is 11.3. The Morgan fingerprint density at radius 3 is 3.12 bits per heavy atom. The first-order chi connectivity index (χ1) is 8.19. The predicted octanol–water partition coefficient (Wildman–Crippen LogP) is 1.12. The van der Waals surface area contributed by atoms with E-state index < -0.39 is 0 Å². The summed E-state index contributed by atoms with van der Waals surface area (Å²) in [6.07, 6.45) is 0.191. The van der Waals surface area contributed by atoms with Crippen LogP contribution in [0.15, 0.2) is 18.2 Å². The van der Waals surface area contributed by atoms with E-state index in [9.17, 15) is 9.59 Å². The zero-order valence-corrected chi connectivity index (χ0v) is 9.49. The van der Waals surface area contributed by atoms with Crippen LogP contribution in [0, 0.1) is 0 Å². The summed E-state index contributed by atoms with van der Waals surface area (Å²) in [6.45, 7) is 2.16. The van der Waals surface area contributed by atoms with Crippen molar-refractivity contribution in [1.82, 2.24) is 0 Å². The van der Waals surface area contributed by atoms with Crippen LogP contribution in [0.2, 0.25) is 0 Å². The smallest absolute Gasteiger partial charge is 0.310 e. The van der Waals surface area contributed by atoms with Crippen LogP contribution < -0.4 is 10.1 Å². The Balaban J connectivity index is 2.13. The molecule has 0 unspecified atom stereocenters. The number of esters is 1. The number of anilines is 1. The quantitative estimate of drug-likeness (QED) is 0.797. The second-order valence-electron chi connectivity index (χ2n) is 3.65. The van der Waals surface area contributed by atoms with Gasteiger partial charge in [-0.15, -0.1) is 0 Å². The van der Waals surface area contributed by atoms with E-state index in [4.69, 9.17) is 9.47 Å². The lowest BCUT2D eigenvalue weighted by atomic mass is 10.1. The SMILES string of the molecule is CCOC(=O)Cc1ccc2c(c1)NC(=O)CO2. The molecule has 5 nitrogen and oxygen atoms in total. The van der Waals surface area contributed by atoms with Gasteiger partial charge in [-0.25, -0.2) is 0 Å². The highest BCUT2D eigenvalue weighted by Crippen LogP contribution is 2.28. The van der Waals surface area contributed by atoms with Crippen LogP contribution in [0.5, 0.6) is 5.75 Å². The van der Waals surface area contributed by atoms with Gasteiger partial charge >= 0.3 is 5.97 Å². The number of rotatable bonds is 3. The van der Waals surface area contributed by atoms with E-state index in [0.29, 0.717) is 18.0 Å². The summed E-state index contributed by atoms with van der Waals surface area (Å²) in [5.74, 6) is 0.151. The van der Waals surface area contributed by atoms with Gasteiger partial charge in [0.05, 0.1) is 18.7 Å². The summed E-state index contributed by atoms with van der Waals surface area (Å²) in [7, 11) is 0. The molecule has 1 N–H and O–H groups in total. The fraction of sp³-hybridized carbons (Fsp3) is 0.333. The van der Waals surface area contributed by atoms with Crippen LogP contribution in [0.3, 0.4) is 0 Å². The average Bonchev–Trinajstić information content (AvgIpc) is 2.28. The number of carbonyl (C=O) groups is 2. The van der Waals surface area contributed by atoms with Crippen molar-refractivity contribution in [3.8, 4) is 5.75 Å². The molecule has 1 aromatic rings. The molecule has 1 aromatic carbocycles. The highest BCUT2D eigenvalue weighted by atomic mass is 16.5. The molecule has 1 heterocycles. The van der Waals surface area contributed by atoms with E-state index in [0.717, 1.165) is 5.56 Å². The first-order valence-electron chi connectivity index (χ1n) is 5.40. The van der Waals surface area contributed by atoms with Crippen LogP contribution in [-0.4, -0.2) is 25.1 Å². The second kappa shape index (κ2) is 4.86. The number of ether oxygens (including phenoxy) is 2. The van der Waals surface area contributed by atoms with Crippen molar-refractivity contribution in [2.45, 2.75) is 13.3 Å². The van der Waals surface area contributed by atoms with Gasteiger partial charge in [0.15, 0.2) is 6.61 Å². The number of carbonyl (C=O) groups excluding carboxylic acids is 2. The number of fused-ring (bicyclic) bond motifs is 1. The Hall–Kier alpha value is -2.04. The monoisotopic (exact) mass is 235 g/mol. The molecule has 0 spiro atoms. The van der Waals surface area contributed by atoms with Gasteiger partial charge in [-0.3, -0.25) is 9.59 Å². The van der Waals surface area contributed by atoms with Gasteiger partial charge in [-0.05, 0) is 24.6 Å². The second-order valence-corrected chi connectivity index (χ2v) is 3.65. The first-order valence-corrected chi connectivity index (χ1v) is 5.40. The largest absolute Gasteiger partial charge is 0.482 e. The highest BCUT2D eigenvalue weighted by Gasteiger charge is 2.16. The van der Waals surface area contributed by atoms with Gasteiger partial charge in [0.1, 0.15) is 5.75 Å². The zero-order valence-electron chi connectivity index (χ0n) is 9.49. The summed E-state index contributed by atoms with van der Waals surface area (Å²) < 4.78 is 10.1. The lowest BCUT2D eigenvalue weighted by molar-refractivity contribution is -0.142. The van der Waals surface area contributed by atoms with Crippen molar-refractivity contribution in [3.63, 3.8) is 0 Å². The molecule has 0 saturated heterocycles. The van der Waals surface area contributed by atoms with Gasteiger partial charge in [-0.1, -0.05) is 6.07 Å². The summed E-state index contributed by atoms with van der Waals surface area (Å²) in [5, 5.41) is 2.69. The average molecular weight is 235 g/mol. The van der Waals surface area contributed by atoms with Crippen LogP contribution in [0.1, 0.15) is 12.5 Å². The van der Waals surface area contributed by atoms with E-state index >= 15 is 0 Å². The Morgan fingerprint density at radius 2 is 2.35 bits per heavy atom. The Labute approximate surface area is 98.7 Å². The fourth-order valence-electron chi connectivity index (χ4n) is 1.62. The van der Waals surface area contributed by atoms with E-state index in [2.05, 4.69) is 5.32 Å². The summed E-state index contributed by atoms with van der Waals surface area (Å²) in [6, 6.07) is 5.25. The maximum Gasteiger partial charge on any atom is 0.310 e. The van der Waals surface area contributed by atoms with Gasteiger partial charge in [0, 0.05) is 0 Å². The molecule has 0 saturated carbocycles. The normalized spacial score (nSPS) is 13.4. The zero-order chi connectivity index (χ0) is 12.3. The van der Waals surface area contributed by atoms with Gasteiger partial charge in [-0.2, -0.15) is 0 Å². The number of amides is 1. The minimum Gasteiger partial charge on any atom is -0.482 e. The lowest BCUT2D eigenvalue weighted by Crippen LogP contribution is -2.25. The number of benzene rings is 1. The molecule has 1 aliphatic rings. The van der Waals surface area contributed by atoms with Crippen molar-refractivity contribution in [2.24, 2.45) is 0 Å². The molecule has 1 amide bonds. The molecule has 1 aliphatic heterocycles. The first kappa shape index (κ1) is 11.4. The van der Waals surface area contributed by atoms with E-state index in [1.165, 1.54) is 0 Å². The van der Waals surface area contributed by atoms with Gasteiger partial charge in [0.2, 0.25) is 0 Å². The van der Waals surface area contributed by atoms with Crippen LogP contribution in [-0.2, 0) is 20.7 Å². The minimum absolute atomic E-state index is 0.0320. The predicted molar refractivity (Wildman–Crippen MR) is 60.9 cm³/mol. The molecule has 0 bridgehead atoms. The fourth-order valence-corrected chi connectivity index (χ4v) is 1.62. The van der Waals surface area contributed by atoms with Crippen molar-refractivity contribution >= 4 is 17.6 Å². The topological polar surface area (TPSA) is 64.6 Å². The molecule has 90 valence electrons. The molecular formula is C12H13NO4. The molecule has 0 aliphatic carbocycles. The molecular weight excluding hydrogens is 222 g/mol. The number of hydrogen-bond acceptors (Lipinski definition) is 4. The number of nitrogens with one attached hydrogen (secondary N) is 1. The van der Waals surface area contributed by atoms with Crippen LogP contribution in [0.4, 0.5) is 5.69 Å². The summed E-state index contributed by atoms with van der Waals surface area (Å²) >= 11 is 0. The van der Waals surface area contributed by atoms with Gasteiger partial charge < -0.3 is 14.8 Å². The third kappa shape index (κ3) is 2.75. The van der Waals surface area contributed by atoms with Gasteiger partial charge in [0.25, 0.3) is 5.91 Å². The lowest BCUT2D eigenvalue weighted by Gasteiger charge is -2.18. The minimum atomic E-state index is -0.282. The molecule has 0 atom stereocenters. The van der Waals surface area contributed by atoms with E-state index in [1.807, 2.05) is 0 Å². The van der Waals surface area contributed by atoms with Crippen LogP contribution >= 0.6 is 0 Å². The summed E-state index contributed by atoms with van der Waals surface area (Å²) in [5.41, 5.74) is 1.39. The molecule has 2 rings (SSSR count). The highest BCUT2D eigenvalue weighted by molar-refractivity contribution is 5.95. The Morgan fingerprint density at radius 1 is 1.53 bits per heavy atom. The standard InChI is InChI=1S/C12H13NO4/c1-2-16-12(15)6-8-3-4-10-9(5-8)13-11(14)7-17-10/h3-5H,2,6-7H2,1H3,(H,13,14). The van der Waals surface area contributed by atoms with E-state index in [1.54, 1.807) is 25.1 Å². The van der Waals surface area contributed by atoms with E-state index in [-0.39, 0.29) is 24.9 Å². The molecule has 17 heavy (non-hydrogen) atoms. The molecule has 5 heteroatoms. The Bertz CT molecular complexity index is 456. The van der Waals surface area contributed by atoms with Crippen molar-refractivity contribution in [3.05, 3.63) is 23.8 Å². The summed E-state index contributed by atoms with van der Waals surface area (Å²) in [4.78, 5) is 22.4. The van der Waals surface area contributed by atoms with Crippen molar-refractivity contribution in [2.75, 3.05) is 18.5 Å². The molecule has 0 aromatic heterocycles. The molecule has 0 radical (unpaired) electrons. The van der Waals surface area contributed by atoms with Crippen molar-refractivity contribution in [1.29, 1.82) is 0 Å². The third-order valence-corrected chi connectivity index (χ3v) is 2.33. The maximum atomic E-state index is 11.3. The van der Waals surface area contributed by atoms with Crippen LogP contribution in [0.25, 0.3) is 0 Å². The van der Waals surface area contributed by atoms with Crippen molar-refractivity contribution < 1.29 is 19.1 Å². The third-order valence-electron chi connectivity index (χ3n) is 2.33. The number of hydrogen-bond donors (Lipinski definition) is 1.